The van der Waals surface area contributed by atoms with Gasteiger partial charge in [0.2, 0.25) is 0 Å². The summed E-state index contributed by atoms with van der Waals surface area (Å²) in [5, 5.41) is 11.3. The summed E-state index contributed by atoms with van der Waals surface area (Å²) in [4.78, 5) is 21.8. The number of rotatable bonds is 4. The van der Waals surface area contributed by atoms with E-state index in [-0.39, 0.29) is 18.2 Å². The van der Waals surface area contributed by atoms with E-state index in [9.17, 15) is 23.3 Å². The zero-order valence-electron chi connectivity index (χ0n) is 12.9. The molecule has 1 aliphatic heterocycles. The van der Waals surface area contributed by atoms with Crippen molar-refractivity contribution in [2.75, 3.05) is 13.7 Å². The molecule has 1 aliphatic rings. The molecule has 0 aliphatic carbocycles. The first-order valence-corrected chi connectivity index (χ1v) is 8.62. The summed E-state index contributed by atoms with van der Waals surface area (Å²) in [7, 11) is -3.08. The molecule has 2 rings (SSSR count). The first-order valence-electron chi connectivity index (χ1n) is 7.18. The number of piperidine rings is 1. The Morgan fingerprint density at radius 2 is 2.09 bits per heavy atom. The van der Waals surface area contributed by atoms with Crippen LogP contribution in [0.3, 0.4) is 0 Å². The number of nitro benzene ring substituents is 1. The third-order valence-corrected chi connectivity index (χ3v) is 6.01. The minimum atomic E-state index is -4.18. The van der Waals surface area contributed by atoms with Crippen LogP contribution in [0.5, 0.6) is 0 Å². The minimum absolute atomic E-state index is 0.274. The maximum atomic E-state index is 13.0. The molecular formula is C14H18N2O6S. The maximum absolute atomic E-state index is 13.0. The molecule has 1 atom stereocenters. The molecule has 0 saturated carbocycles. The van der Waals surface area contributed by atoms with E-state index in [1.807, 2.05) is 0 Å². The fourth-order valence-electron chi connectivity index (χ4n) is 2.76. The summed E-state index contributed by atoms with van der Waals surface area (Å²) in [6, 6.07) is 3.29. The number of carbonyl (C=O) groups excluding carboxylic acids is 1. The first kappa shape index (κ1) is 17.4. The topological polar surface area (TPSA) is 107 Å². The summed E-state index contributed by atoms with van der Waals surface area (Å²) >= 11 is 0. The number of nitrogens with zero attached hydrogens (tertiary/aromatic N) is 2. The number of benzene rings is 1. The van der Waals surface area contributed by atoms with E-state index in [0.29, 0.717) is 12.8 Å². The Morgan fingerprint density at radius 1 is 1.39 bits per heavy atom. The monoisotopic (exact) mass is 342 g/mol. The highest BCUT2D eigenvalue weighted by molar-refractivity contribution is 7.89. The molecule has 23 heavy (non-hydrogen) atoms. The lowest BCUT2D eigenvalue weighted by molar-refractivity contribution is -0.387. The zero-order valence-corrected chi connectivity index (χ0v) is 13.7. The maximum Gasteiger partial charge on any atom is 0.339 e. The predicted octanol–water partition coefficient (Wildman–Crippen LogP) is 1.94. The number of sulfonamides is 1. The van der Waals surface area contributed by atoms with Crippen LogP contribution < -0.4 is 0 Å². The molecule has 1 heterocycles. The van der Waals surface area contributed by atoms with E-state index in [2.05, 4.69) is 4.74 Å². The van der Waals surface area contributed by atoms with Crippen LogP contribution in [0.1, 0.15) is 36.5 Å². The summed E-state index contributed by atoms with van der Waals surface area (Å²) in [6.07, 6.45) is 2.25. The van der Waals surface area contributed by atoms with Gasteiger partial charge >= 0.3 is 5.97 Å². The molecule has 1 aromatic rings. The van der Waals surface area contributed by atoms with Crippen LogP contribution in [0.4, 0.5) is 5.69 Å². The second-order valence-corrected chi connectivity index (χ2v) is 7.19. The molecule has 1 saturated heterocycles. The largest absolute Gasteiger partial charge is 0.465 e. The van der Waals surface area contributed by atoms with Gasteiger partial charge in [-0.2, -0.15) is 4.31 Å². The Bertz CT molecular complexity index is 731. The molecule has 0 unspecified atom stereocenters. The Morgan fingerprint density at radius 3 is 2.65 bits per heavy atom. The van der Waals surface area contributed by atoms with Crippen LogP contribution in [-0.4, -0.2) is 43.3 Å². The Labute approximate surface area is 134 Å². The van der Waals surface area contributed by atoms with Gasteiger partial charge in [-0.1, -0.05) is 12.5 Å². The number of nitro groups is 1. The van der Waals surface area contributed by atoms with Gasteiger partial charge in [0.15, 0.2) is 4.90 Å². The molecule has 126 valence electrons. The van der Waals surface area contributed by atoms with Crippen LogP contribution in [0, 0.1) is 10.1 Å². The standard InChI is InChI=1S/C14H18N2O6S/c1-10-6-3-4-9-15(10)23(20,21)13-11(14(17)22-2)7-5-8-12(13)16(18)19/h5,7-8,10H,3-4,6,9H2,1-2H3/t10-/m0/s1. The zero-order chi connectivity index (χ0) is 17.2. The van der Waals surface area contributed by atoms with E-state index in [4.69, 9.17) is 0 Å². The van der Waals surface area contributed by atoms with Crippen molar-refractivity contribution in [2.24, 2.45) is 0 Å². The van der Waals surface area contributed by atoms with Gasteiger partial charge in [0.25, 0.3) is 15.7 Å². The van der Waals surface area contributed by atoms with Gasteiger partial charge in [0.05, 0.1) is 17.6 Å². The highest BCUT2D eigenvalue weighted by atomic mass is 32.2. The van der Waals surface area contributed by atoms with Crippen LogP contribution in [0.15, 0.2) is 23.1 Å². The fourth-order valence-corrected chi connectivity index (χ4v) is 4.78. The molecule has 0 N–H and O–H groups in total. The van der Waals surface area contributed by atoms with Gasteiger partial charge in [-0.25, -0.2) is 13.2 Å². The average Bonchev–Trinajstić information content (AvgIpc) is 2.53. The Kier molecular flexibility index (Phi) is 5.00. The van der Waals surface area contributed by atoms with Gasteiger partial charge in [0.1, 0.15) is 0 Å². The molecule has 1 fully saturated rings. The highest BCUT2D eigenvalue weighted by Gasteiger charge is 2.39. The quantitative estimate of drug-likeness (QED) is 0.470. The second kappa shape index (κ2) is 6.63. The van der Waals surface area contributed by atoms with E-state index in [1.165, 1.54) is 16.4 Å². The van der Waals surface area contributed by atoms with E-state index >= 15 is 0 Å². The normalized spacial score (nSPS) is 19.3. The summed E-state index contributed by atoms with van der Waals surface area (Å²) in [6.45, 7) is 2.03. The molecule has 0 aromatic heterocycles. The third-order valence-electron chi connectivity index (χ3n) is 3.90. The number of hydrogen-bond acceptors (Lipinski definition) is 6. The predicted molar refractivity (Wildman–Crippen MR) is 81.6 cm³/mol. The number of carbonyl (C=O) groups is 1. The SMILES string of the molecule is COC(=O)c1cccc([N+](=O)[O-])c1S(=O)(=O)N1CCCC[C@@H]1C. The van der Waals surface area contributed by atoms with Crippen molar-refractivity contribution in [3.8, 4) is 0 Å². The summed E-state index contributed by atoms with van der Waals surface area (Å²) in [5.41, 5.74) is -0.940. The van der Waals surface area contributed by atoms with Gasteiger partial charge < -0.3 is 4.74 Å². The molecule has 9 heteroatoms. The number of methoxy groups -OCH3 is 1. The molecule has 0 amide bonds. The number of ether oxygens (including phenoxy) is 1. The Hall–Kier alpha value is -2.00. The lowest BCUT2D eigenvalue weighted by atomic mass is 10.1. The molecule has 0 bridgehead atoms. The van der Waals surface area contributed by atoms with Crippen molar-refractivity contribution in [2.45, 2.75) is 37.1 Å². The van der Waals surface area contributed by atoms with Crippen molar-refractivity contribution in [3.63, 3.8) is 0 Å². The van der Waals surface area contributed by atoms with Crippen molar-refractivity contribution in [1.29, 1.82) is 0 Å². The van der Waals surface area contributed by atoms with Crippen molar-refractivity contribution in [3.05, 3.63) is 33.9 Å². The molecule has 0 radical (unpaired) electrons. The molecule has 8 nitrogen and oxygen atoms in total. The first-order chi connectivity index (χ1) is 10.8. The summed E-state index contributed by atoms with van der Waals surface area (Å²) < 4.78 is 31.8. The van der Waals surface area contributed by atoms with E-state index < -0.39 is 31.5 Å². The van der Waals surface area contributed by atoms with Crippen LogP contribution in [-0.2, 0) is 14.8 Å². The van der Waals surface area contributed by atoms with Gasteiger partial charge in [-0.05, 0) is 25.8 Å². The Balaban J connectivity index is 2.68. The van der Waals surface area contributed by atoms with Crippen molar-refractivity contribution in [1.82, 2.24) is 4.31 Å². The van der Waals surface area contributed by atoms with Gasteiger partial charge in [0, 0.05) is 18.7 Å². The van der Waals surface area contributed by atoms with Gasteiger partial charge in [-0.15, -0.1) is 0 Å². The van der Waals surface area contributed by atoms with E-state index in [1.54, 1.807) is 6.92 Å². The van der Waals surface area contributed by atoms with E-state index in [0.717, 1.165) is 19.6 Å². The summed E-state index contributed by atoms with van der Waals surface area (Å²) in [5.74, 6) is -0.920. The molecule has 1 aromatic carbocycles. The van der Waals surface area contributed by atoms with Crippen molar-refractivity contribution < 1.29 is 22.9 Å². The molecule has 0 spiro atoms. The van der Waals surface area contributed by atoms with Crippen molar-refractivity contribution >= 4 is 21.7 Å². The second-order valence-electron chi connectivity index (χ2n) is 5.36. The highest BCUT2D eigenvalue weighted by Crippen LogP contribution is 2.33. The lowest BCUT2D eigenvalue weighted by Crippen LogP contribution is -2.42. The lowest BCUT2D eigenvalue weighted by Gasteiger charge is -2.32. The van der Waals surface area contributed by atoms with Crippen LogP contribution in [0.25, 0.3) is 0 Å². The van der Waals surface area contributed by atoms with Crippen LogP contribution >= 0.6 is 0 Å². The molecular weight excluding hydrogens is 324 g/mol. The fraction of sp³-hybridized carbons (Fsp3) is 0.500. The third kappa shape index (κ3) is 3.20. The number of esters is 1. The average molecular weight is 342 g/mol. The van der Waals surface area contributed by atoms with Crippen LogP contribution in [0.2, 0.25) is 0 Å². The number of hydrogen-bond donors (Lipinski definition) is 0. The van der Waals surface area contributed by atoms with Gasteiger partial charge in [-0.3, -0.25) is 10.1 Å². The smallest absolute Gasteiger partial charge is 0.339 e. The minimum Gasteiger partial charge on any atom is -0.465 e.